The summed E-state index contributed by atoms with van der Waals surface area (Å²) in [4.78, 5) is 14.6. The number of azide groups is 1. The number of amides is 1. The first kappa shape index (κ1) is 20.1. The van der Waals surface area contributed by atoms with Crippen LogP contribution in [0.4, 0.5) is 5.69 Å². The van der Waals surface area contributed by atoms with Crippen LogP contribution < -0.4 is 5.32 Å². The first-order chi connectivity index (χ1) is 11.6. The first-order valence-corrected chi connectivity index (χ1v) is 9.58. The number of hydrogen-bond donors (Lipinski definition) is 1. The second kappa shape index (κ2) is 10.8. The minimum Gasteiger partial charge on any atom is -0.377 e. The zero-order valence-electron chi connectivity index (χ0n) is 14.3. The summed E-state index contributed by atoms with van der Waals surface area (Å²) in [6.07, 6.45) is 1.77. The number of nitrogens with one attached hydrogen (secondary N) is 1. The summed E-state index contributed by atoms with van der Waals surface area (Å²) in [5.41, 5.74) is 9.93. The maximum atomic E-state index is 11.9. The van der Waals surface area contributed by atoms with Crippen molar-refractivity contribution < 1.29 is 18.1 Å². The molecule has 0 aromatic heterocycles. The monoisotopic (exact) mass is 352 g/mol. The Balaban J connectivity index is 2.28. The van der Waals surface area contributed by atoms with E-state index in [1.807, 2.05) is 12.1 Å². The third kappa shape index (κ3) is 6.69. The van der Waals surface area contributed by atoms with E-state index in [1.165, 1.54) is 0 Å². The Morgan fingerprint density at radius 1 is 1.21 bits per heavy atom. The van der Waals surface area contributed by atoms with Gasteiger partial charge in [-0.3, -0.25) is 4.79 Å². The van der Waals surface area contributed by atoms with Crippen molar-refractivity contribution in [3.63, 3.8) is 0 Å². The van der Waals surface area contributed by atoms with Crippen molar-refractivity contribution in [3.05, 3.63) is 40.3 Å². The molecule has 0 heterocycles. The maximum absolute atomic E-state index is 11.9. The van der Waals surface area contributed by atoms with Gasteiger partial charge in [-0.25, -0.2) is 0 Å². The van der Waals surface area contributed by atoms with Crippen molar-refractivity contribution >= 4 is 20.4 Å². The molecule has 0 aliphatic rings. The standard InChI is InChI=1S/C15H24N4O4Si/c1-21-24(22-2,23-3)12-4-11-17-15(20)10-7-13-5-8-14(9-6-13)18-19-16/h5-6,8-9H,4,7,10-12H2,1-3H3,(H,17,20). The van der Waals surface area contributed by atoms with E-state index in [0.29, 0.717) is 31.1 Å². The number of nitrogens with zero attached hydrogens (tertiary/aromatic N) is 3. The van der Waals surface area contributed by atoms with Gasteiger partial charge in [0.25, 0.3) is 0 Å². The van der Waals surface area contributed by atoms with Crippen molar-refractivity contribution in [2.45, 2.75) is 25.3 Å². The van der Waals surface area contributed by atoms with Crippen LogP contribution in [0.15, 0.2) is 29.4 Å². The SMILES string of the molecule is CO[Si](CCCNC(=O)CCc1ccc(N=[N+]=[N-])cc1)(OC)OC. The van der Waals surface area contributed by atoms with Gasteiger partial charge >= 0.3 is 8.80 Å². The Kier molecular flexibility index (Phi) is 9.06. The first-order valence-electron chi connectivity index (χ1n) is 7.65. The average Bonchev–Trinajstić information content (AvgIpc) is 2.62. The van der Waals surface area contributed by atoms with E-state index < -0.39 is 8.80 Å². The van der Waals surface area contributed by atoms with Crippen molar-refractivity contribution in [2.24, 2.45) is 5.11 Å². The van der Waals surface area contributed by atoms with Gasteiger partial charge in [-0.05, 0) is 23.9 Å². The molecule has 0 aliphatic heterocycles. The highest BCUT2D eigenvalue weighted by molar-refractivity contribution is 6.60. The molecule has 0 saturated heterocycles. The zero-order valence-corrected chi connectivity index (χ0v) is 15.3. The molecule has 1 N–H and O–H groups in total. The molecule has 9 heteroatoms. The highest BCUT2D eigenvalue weighted by Gasteiger charge is 2.36. The third-order valence-electron chi connectivity index (χ3n) is 3.65. The second-order valence-electron chi connectivity index (χ2n) is 5.10. The van der Waals surface area contributed by atoms with Crippen LogP contribution in [-0.2, 0) is 24.5 Å². The quantitative estimate of drug-likeness (QED) is 0.217. The molecule has 1 amide bonds. The fraction of sp³-hybridized carbons (Fsp3) is 0.533. The highest BCUT2D eigenvalue weighted by atomic mass is 28.4. The van der Waals surface area contributed by atoms with Crippen LogP contribution in [-0.4, -0.2) is 42.6 Å². The van der Waals surface area contributed by atoms with E-state index in [2.05, 4.69) is 15.3 Å². The van der Waals surface area contributed by atoms with E-state index >= 15 is 0 Å². The third-order valence-corrected chi connectivity index (χ3v) is 6.48. The largest absolute Gasteiger partial charge is 0.500 e. The van der Waals surface area contributed by atoms with Gasteiger partial charge in [-0.1, -0.05) is 29.4 Å². The lowest BCUT2D eigenvalue weighted by molar-refractivity contribution is -0.121. The molecule has 0 radical (unpaired) electrons. The molecule has 0 spiro atoms. The summed E-state index contributed by atoms with van der Waals surface area (Å²) in [7, 11) is 2.16. The Morgan fingerprint density at radius 3 is 2.38 bits per heavy atom. The minimum absolute atomic E-state index is 0.00589. The number of aryl methyl sites for hydroxylation is 1. The number of carbonyl (C=O) groups is 1. The van der Waals surface area contributed by atoms with Crippen molar-refractivity contribution in [1.82, 2.24) is 5.32 Å². The predicted molar refractivity (Wildman–Crippen MR) is 92.8 cm³/mol. The minimum atomic E-state index is -2.56. The number of carbonyl (C=O) groups excluding carboxylic acids is 1. The zero-order chi connectivity index (χ0) is 17.8. The van der Waals surface area contributed by atoms with Gasteiger partial charge in [0.1, 0.15) is 0 Å². The number of hydrogen-bond acceptors (Lipinski definition) is 5. The van der Waals surface area contributed by atoms with Gasteiger partial charge in [-0.15, -0.1) is 0 Å². The van der Waals surface area contributed by atoms with Crippen molar-refractivity contribution in [3.8, 4) is 0 Å². The summed E-state index contributed by atoms with van der Waals surface area (Å²) in [5.74, 6) is -0.00589. The smallest absolute Gasteiger partial charge is 0.377 e. The van der Waals surface area contributed by atoms with Gasteiger partial charge in [0, 0.05) is 50.9 Å². The van der Waals surface area contributed by atoms with E-state index in [9.17, 15) is 4.79 Å². The van der Waals surface area contributed by atoms with E-state index in [0.717, 1.165) is 12.0 Å². The van der Waals surface area contributed by atoms with Crippen LogP contribution in [0.5, 0.6) is 0 Å². The van der Waals surface area contributed by atoms with Gasteiger partial charge in [0.15, 0.2) is 0 Å². The van der Waals surface area contributed by atoms with Crippen LogP contribution in [0.1, 0.15) is 18.4 Å². The molecule has 0 fully saturated rings. The van der Waals surface area contributed by atoms with E-state index in [4.69, 9.17) is 18.8 Å². The summed E-state index contributed by atoms with van der Waals surface area (Å²) < 4.78 is 16.0. The van der Waals surface area contributed by atoms with Gasteiger partial charge in [-0.2, -0.15) is 0 Å². The molecule has 0 aliphatic carbocycles. The van der Waals surface area contributed by atoms with Crippen molar-refractivity contribution in [1.29, 1.82) is 0 Å². The molecule has 24 heavy (non-hydrogen) atoms. The molecule has 132 valence electrons. The van der Waals surface area contributed by atoms with Crippen LogP contribution in [0.25, 0.3) is 10.4 Å². The number of rotatable bonds is 11. The molecule has 1 aromatic carbocycles. The number of benzene rings is 1. The predicted octanol–water partition coefficient (Wildman–Crippen LogP) is 2.95. The lowest BCUT2D eigenvalue weighted by Gasteiger charge is -2.24. The maximum Gasteiger partial charge on any atom is 0.500 e. The fourth-order valence-electron chi connectivity index (χ4n) is 2.22. The average molecular weight is 352 g/mol. The van der Waals surface area contributed by atoms with Crippen LogP contribution in [0, 0.1) is 0 Å². The fourth-order valence-corrected chi connectivity index (χ4v) is 3.94. The summed E-state index contributed by atoms with van der Waals surface area (Å²) in [5, 5.41) is 6.39. The highest BCUT2D eigenvalue weighted by Crippen LogP contribution is 2.15. The molecule has 0 unspecified atom stereocenters. The summed E-state index contributed by atoms with van der Waals surface area (Å²) >= 11 is 0. The van der Waals surface area contributed by atoms with E-state index in [1.54, 1.807) is 33.5 Å². The molecular formula is C15H24N4O4Si. The van der Waals surface area contributed by atoms with Gasteiger partial charge in [0.2, 0.25) is 5.91 Å². The molecule has 0 saturated carbocycles. The Hall–Kier alpha value is -1.90. The van der Waals surface area contributed by atoms with Gasteiger partial charge in [0.05, 0.1) is 0 Å². The summed E-state index contributed by atoms with van der Waals surface area (Å²) in [6.45, 7) is 0.555. The van der Waals surface area contributed by atoms with Crippen LogP contribution in [0.2, 0.25) is 6.04 Å². The molecule has 1 aromatic rings. The second-order valence-corrected chi connectivity index (χ2v) is 8.20. The van der Waals surface area contributed by atoms with Crippen LogP contribution >= 0.6 is 0 Å². The Labute approximate surface area is 143 Å². The van der Waals surface area contributed by atoms with E-state index in [-0.39, 0.29) is 5.91 Å². The lowest BCUT2D eigenvalue weighted by Crippen LogP contribution is -2.43. The lowest BCUT2D eigenvalue weighted by atomic mass is 10.1. The normalized spacial score (nSPS) is 11.0. The molecule has 0 bridgehead atoms. The van der Waals surface area contributed by atoms with Crippen molar-refractivity contribution in [2.75, 3.05) is 27.9 Å². The van der Waals surface area contributed by atoms with Gasteiger partial charge < -0.3 is 18.6 Å². The van der Waals surface area contributed by atoms with Crippen LogP contribution in [0.3, 0.4) is 0 Å². The Morgan fingerprint density at radius 2 is 1.83 bits per heavy atom. The molecule has 0 atom stereocenters. The topological polar surface area (TPSA) is 106 Å². The Bertz CT molecular complexity index is 549. The molecular weight excluding hydrogens is 328 g/mol. The summed E-state index contributed by atoms with van der Waals surface area (Å²) in [6, 6.07) is 7.83. The molecule has 8 nitrogen and oxygen atoms in total. The molecule has 1 rings (SSSR count).